The normalized spacial score (nSPS) is 24.8. The molecule has 1 saturated carbocycles. The van der Waals surface area contributed by atoms with Gasteiger partial charge in [0.25, 0.3) is 0 Å². The molecule has 106 valence electrons. The lowest BCUT2D eigenvalue weighted by Gasteiger charge is -2.30. The van der Waals surface area contributed by atoms with Crippen LogP contribution in [0, 0.1) is 11.8 Å². The lowest BCUT2D eigenvalue weighted by molar-refractivity contribution is 0.0767. The fourth-order valence-electron chi connectivity index (χ4n) is 3.40. The van der Waals surface area contributed by atoms with E-state index in [2.05, 4.69) is 13.0 Å². The summed E-state index contributed by atoms with van der Waals surface area (Å²) >= 11 is 6.26. The molecule has 2 aromatic carbocycles. The first-order chi connectivity index (χ1) is 9.66. The number of fused-ring (bicyclic) bond motifs is 1. The van der Waals surface area contributed by atoms with Crippen molar-refractivity contribution in [2.45, 2.75) is 38.7 Å². The van der Waals surface area contributed by atoms with Gasteiger partial charge in [-0.15, -0.1) is 0 Å². The third kappa shape index (κ3) is 2.57. The Bertz CT molecular complexity index is 599. The molecule has 1 unspecified atom stereocenters. The average Bonchev–Trinajstić information content (AvgIpc) is 2.48. The van der Waals surface area contributed by atoms with E-state index >= 15 is 0 Å². The Morgan fingerprint density at radius 2 is 1.65 bits per heavy atom. The number of hydrogen-bond acceptors (Lipinski definition) is 1. The molecule has 2 aromatic rings. The first-order valence-corrected chi connectivity index (χ1v) is 7.90. The van der Waals surface area contributed by atoms with Crippen molar-refractivity contribution in [3.63, 3.8) is 0 Å². The van der Waals surface area contributed by atoms with E-state index in [1.807, 2.05) is 30.3 Å². The van der Waals surface area contributed by atoms with Crippen molar-refractivity contribution >= 4 is 22.4 Å². The quantitative estimate of drug-likeness (QED) is 0.789. The Hall–Kier alpha value is -1.05. The van der Waals surface area contributed by atoms with Gasteiger partial charge in [0.2, 0.25) is 0 Å². The van der Waals surface area contributed by atoms with E-state index in [-0.39, 0.29) is 6.10 Å². The van der Waals surface area contributed by atoms with Crippen LogP contribution in [0.5, 0.6) is 0 Å². The van der Waals surface area contributed by atoms with Gasteiger partial charge in [-0.1, -0.05) is 61.7 Å². The Morgan fingerprint density at radius 3 is 2.35 bits per heavy atom. The fourth-order valence-corrected chi connectivity index (χ4v) is 3.63. The largest absolute Gasteiger partial charge is 0.388 e. The van der Waals surface area contributed by atoms with Crippen molar-refractivity contribution in [2.24, 2.45) is 11.8 Å². The van der Waals surface area contributed by atoms with Gasteiger partial charge in [-0.05, 0) is 41.7 Å². The summed E-state index contributed by atoms with van der Waals surface area (Å²) in [7, 11) is 0. The second-order valence-corrected chi connectivity index (χ2v) is 6.55. The maximum absolute atomic E-state index is 10.8. The third-order valence-corrected chi connectivity index (χ3v) is 5.06. The molecule has 2 heteroatoms. The van der Waals surface area contributed by atoms with Crippen molar-refractivity contribution in [3.05, 3.63) is 47.0 Å². The molecule has 1 aliphatic carbocycles. The van der Waals surface area contributed by atoms with E-state index in [9.17, 15) is 5.11 Å². The first-order valence-electron chi connectivity index (χ1n) is 7.52. The zero-order chi connectivity index (χ0) is 14.1. The van der Waals surface area contributed by atoms with Crippen molar-refractivity contribution in [2.75, 3.05) is 0 Å². The molecule has 0 aliphatic heterocycles. The van der Waals surface area contributed by atoms with Crippen molar-refractivity contribution in [1.29, 1.82) is 0 Å². The van der Waals surface area contributed by atoms with Gasteiger partial charge in [-0.3, -0.25) is 0 Å². The highest BCUT2D eigenvalue weighted by atomic mass is 35.5. The van der Waals surface area contributed by atoms with Gasteiger partial charge >= 0.3 is 0 Å². The second kappa shape index (κ2) is 5.75. The Balaban J connectivity index is 1.95. The molecular weight excluding hydrogens is 268 g/mol. The van der Waals surface area contributed by atoms with Crippen LogP contribution in [0.15, 0.2) is 36.4 Å². The van der Waals surface area contributed by atoms with E-state index in [1.165, 1.54) is 12.8 Å². The molecule has 20 heavy (non-hydrogen) atoms. The topological polar surface area (TPSA) is 20.2 Å². The van der Waals surface area contributed by atoms with E-state index in [4.69, 9.17) is 11.6 Å². The van der Waals surface area contributed by atoms with Crippen LogP contribution >= 0.6 is 11.6 Å². The van der Waals surface area contributed by atoms with Gasteiger partial charge in [0.1, 0.15) is 0 Å². The summed E-state index contributed by atoms with van der Waals surface area (Å²) in [5.41, 5.74) is 1.03. The molecule has 0 bridgehead atoms. The molecule has 0 amide bonds. The predicted molar refractivity (Wildman–Crippen MR) is 85.0 cm³/mol. The Morgan fingerprint density at radius 1 is 1.00 bits per heavy atom. The molecule has 1 aliphatic rings. The Kier molecular flexibility index (Phi) is 4.00. The number of aliphatic hydroxyl groups excluding tert-OH is 1. The van der Waals surface area contributed by atoms with Crippen LogP contribution in [0.3, 0.4) is 0 Å². The zero-order valence-corrected chi connectivity index (χ0v) is 12.6. The first kappa shape index (κ1) is 13.9. The maximum Gasteiger partial charge on any atom is 0.0824 e. The smallest absolute Gasteiger partial charge is 0.0824 e. The van der Waals surface area contributed by atoms with Crippen LogP contribution in [0.25, 0.3) is 10.8 Å². The minimum Gasteiger partial charge on any atom is -0.388 e. The lowest BCUT2D eigenvalue weighted by Crippen LogP contribution is -2.19. The summed E-state index contributed by atoms with van der Waals surface area (Å²) in [6, 6.07) is 12.0. The van der Waals surface area contributed by atoms with Gasteiger partial charge in [-0.2, -0.15) is 0 Å². The molecule has 0 spiro atoms. The molecule has 1 N–H and O–H groups in total. The SMILES string of the molecule is CC1CCC(C(O)c2ccc(Cl)c3ccccc23)CC1. The molecule has 0 heterocycles. The predicted octanol–water partition coefficient (Wildman–Crippen LogP) is 5.35. The number of aliphatic hydroxyl groups is 1. The van der Waals surface area contributed by atoms with E-state index in [0.717, 1.165) is 40.1 Å². The molecule has 0 radical (unpaired) electrons. The van der Waals surface area contributed by atoms with Gasteiger partial charge in [-0.25, -0.2) is 0 Å². The van der Waals surface area contributed by atoms with Crippen molar-refractivity contribution in [1.82, 2.24) is 0 Å². The summed E-state index contributed by atoms with van der Waals surface area (Å²) in [5, 5.41) is 13.7. The summed E-state index contributed by atoms with van der Waals surface area (Å²) < 4.78 is 0. The van der Waals surface area contributed by atoms with E-state index in [1.54, 1.807) is 0 Å². The van der Waals surface area contributed by atoms with Crippen LogP contribution in [0.2, 0.25) is 5.02 Å². The van der Waals surface area contributed by atoms with Gasteiger partial charge in [0.05, 0.1) is 6.10 Å². The highest BCUT2D eigenvalue weighted by Crippen LogP contribution is 2.39. The Labute approximate surface area is 125 Å². The number of halogens is 1. The monoisotopic (exact) mass is 288 g/mol. The fraction of sp³-hybridized carbons (Fsp3) is 0.444. The van der Waals surface area contributed by atoms with E-state index < -0.39 is 0 Å². The molecule has 1 atom stereocenters. The summed E-state index contributed by atoms with van der Waals surface area (Å²) in [4.78, 5) is 0. The summed E-state index contributed by atoms with van der Waals surface area (Å²) in [6.07, 6.45) is 4.34. The van der Waals surface area contributed by atoms with Crippen molar-refractivity contribution in [3.8, 4) is 0 Å². The molecule has 0 saturated heterocycles. The van der Waals surface area contributed by atoms with Crippen LogP contribution in [0.1, 0.15) is 44.3 Å². The average molecular weight is 289 g/mol. The van der Waals surface area contributed by atoms with Gasteiger partial charge in [0, 0.05) is 10.4 Å². The number of hydrogen-bond donors (Lipinski definition) is 1. The number of rotatable bonds is 2. The molecule has 1 nitrogen and oxygen atoms in total. The second-order valence-electron chi connectivity index (χ2n) is 6.15. The van der Waals surface area contributed by atoms with Crippen LogP contribution < -0.4 is 0 Å². The summed E-state index contributed by atoms with van der Waals surface area (Å²) in [5.74, 6) is 1.19. The molecule has 3 rings (SSSR count). The zero-order valence-electron chi connectivity index (χ0n) is 11.8. The van der Waals surface area contributed by atoms with Crippen LogP contribution in [0.4, 0.5) is 0 Å². The van der Waals surface area contributed by atoms with E-state index in [0.29, 0.717) is 5.92 Å². The summed E-state index contributed by atoms with van der Waals surface area (Å²) in [6.45, 7) is 2.31. The molecule has 1 fully saturated rings. The van der Waals surface area contributed by atoms with Gasteiger partial charge in [0.15, 0.2) is 0 Å². The lowest BCUT2D eigenvalue weighted by atomic mass is 9.78. The minimum absolute atomic E-state index is 0.371. The van der Waals surface area contributed by atoms with Crippen LogP contribution in [-0.2, 0) is 0 Å². The third-order valence-electron chi connectivity index (χ3n) is 4.73. The highest BCUT2D eigenvalue weighted by Gasteiger charge is 2.26. The maximum atomic E-state index is 10.8. The molecular formula is C18H21ClO. The number of benzene rings is 2. The van der Waals surface area contributed by atoms with Crippen molar-refractivity contribution < 1.29 is 5.11 Å². The van der Waals surface area contributed by atoms with Crippen LogP contribution in [-0.4, -0.2) is 5.11 Å². The minimum atomic E-state index is -0.371. The van der Waals surface area contributed by atoms with Gasteiger partial charge < -0.3 is 5.11 Å². The standard InChI is InChI=1S/C18H21ClO/c1-12-6-8-13(9-7-12)18(20)16-10-11-17(19)15-5-3-2-4-14(15)16/h2-5,10-13,18,20H,6-9H2,1H3. The molecule has 0 aromatic heterocycles. The highest BCUT2D eigenvalue weighted by molar-refractivity contribution is 6.35.